The maximum absolute atomic E-state index is 12.9. The van der Waals surface area contributed by atoms with E-state index in [4.69, 9.17) is 11.5 Å². The number of rotatable bonds is 9. The number of benzene rings is 2. The second kappa shape index (κ2) is 9.26. The lowest BCUT2D eigenvalue weighted by Gasteiger charge is -2.22. The maximum atomic E-state index is 12.9. The Morgan fingerprint density at radius 3 is 1.25 bits per heavy atom. The van der Waals surface area contributed by atoms with Gasteiger partial charge in [0.05, 0.1) is 0 Å². The molecule has 0 saturated heterocycles. The molecule has 0 spiro atoms. The molecule has 0 amide bonds. The zero-order valence-electron chi connectivity index (χ0n) is 17.2. The molecule has 28 heavy (non-hydrogen) atoms. The van der Waals surface area contributed by atoms with E-state index >= 15 is 0 Å². The monoisotopic (exact) mass is 382 g/mol. The molecule has 2 rings (SSSR count). The third-order valence-electron chi connectivity index (χ3n) is 4.87. The minimum absolute atomic E-state index is 0.290. The highest BCUT2D eigenvalue weighted by Crippen LogP contribution is 2.24. The summed E-state index contributed by atoms with van der Waals surface area (Å²) in [6.07, 6.45) is 0. The fourth-order valence-electron chi connectivity index (χ4n) is 3.34. The van der Waals surface area contributed by atoms with E-state index in [1.807, 2.05) is 39.8 Å². The van der Waals surface area contributed by atoms with Gasteiger partial charge in [-0.1, -0.05) is 0 Å². The Hall–Kier alpha value is -3.02. The van der Waals surface area contributed by atoms with Crippen LogP contribution in [0.3, 0.4) is 0 Å². The van der Waals surface area contributed by atoms with Gasteiger partial charge in [0, 0.05) is 60.1 Å². The van der Waals surface area contributed by atoms with Crippen LogP contribution in [0, 0.1) is 0 Å². The molecule has 0 bridgehead atoms. The summed E-state index contributed by atoms with van der Waals surface area (Å²) in [5.41, 5.74) is 15.1. The number of carbonyl (C=O) groups excluding carboxylic acids is 2. The topological polar surface area (TPSA) is 92.7 Å². The van der Waals surface area contributed by atoms with E-state index in [1.54, 1.807) is 24.3 Å². The van der Waals surface area contributed by atoms with Gasteiger partial charge >= 0.3 is 0 Å². The Labute approximate surface area is 167 Å². The van der Waals surface area contributed by atoms with Crippen molar-refractivity contribution in [2.45, 2.75) is 27.7 Å². The average molecular weight is 383 g/mol. The number of carbonyl (C=O) groups is 2. The smallest absolute Gasteiger partial charge is 0.233 e. The summed E-state index contributed by atoms with van der Waals surface area (Å²) >= 11 is 0. The fraction of sp³-hybridized carbons (Fsp3) is 0.364. The molecule has 0 aliphatic carbocycles. The summed E-state index contributed by atoms with van der Waals surface area (Å²) in [6, 6.07) is 10.2. The number of nitrogens with zero attached hydrogens (tertiary/aromatic N) is 2. The SMILES string of the molecule is CCN(CC)c1cc(N)cc(C(=O)C(=O)c2cc(N)cc(N(CC)CC)c2)c1. The predicted octanol–water partition coefficient (Wildman–Crippen LogP) is 3.61. The molecule has 150 valence electrons. The minimum atomic E-state index is -0.586. The third-order valence-corrected chi connectivity index (χ3v) is 4.87. The van der Waals surface area contributed by atoms with Crippen LogP contribution in [-0.4, -0.2) is 37.7 Å². The highest BCUT2D eigenvalue weighted by molar-refractivity contribution is 6.49. The number of hydrogen-bond donors (Lipinski definition) is 2. The molecule has 2 aromatic rings. The lowest BCUT2D eigenvalue weighted by molar-refractivity contribution is 0.0817. The first-order valence-corrected chi connectivity index (χ1v) is 9.74. The van der Waals surface area contributed by atoms with Crippen LogP contribution in [0.2, 0.25) is 0 Å². The number of ketones is 2. The number of nitrogens with two attached hydrogens (primary N) is 2. The van der Waals surface area contributed by atoms with Crippen molar-refractivity contribution in [3.8, 4) is 0 Å². The van der Waals surface area contributed by atoms with Gasteiger partial charge < -0.3 is 21.3 Å². The van der Waals surface area contributed by atoms with Crippen molar-refractivity contribution >= 4 is 34.3 Å². The molecule has 0 fully saturated rings. The molecule has 6 heteroatoms. The Kier molecular flexibility index (Phi) is 7.04. The van der Waals surface area contributed by atoms with E-state index in [9.17, 15) is 9.59 Å². The van der Waals surface area contributed by atoms with Crippen LogP contribution < -0.4 is 21.3 Å². The number of anilines is 4. The first-order valence-electron chi connectivity index (χ1n) is 9.74. The average Bonchev–Trinajstić information content (AvgIpc) is 2.68. The zero-order valence-corrected chi connectivity index (χ0v) is 17.2. The third kappa shape index (κ3) is 4.63. The molecule has 4 N–H and O–H groups in total. The van der Waals surface area contributed by atoms with E-state index in [0.717, 1.165) is 37.6 Å². The van der Waals surface area contributed by atoms with Crippen LogP contribution in [0.4, 0.5) is 22.7 Å². The first kappa shape index (κ1) is 21.3. The van der Waals surface area contributed by atoms with E-state index in [1.165, 1.54) is 0 Å². The van der Waals surface area contributed by atoms with Gasteiger partial charge in [-0.25, -0.2) is 0 Å². The summed E-state index contributed by atoms with van der Waals surface area (Å²) in [4.78, 5) is 30.0. The summed E-state index contributed by atoms with van der Waals surface area (Å²) in [5.74, 6) is -1.17. The van der Waals surface area contributed by atoms with E-state index in [-0.39, 0.29) is 0 Å². The van der Waals surface area contributed by atoms with Crippen molar-refractivity contribution < 1.29 is 9.59 Å². The largest absolute Gasteiger partial charge is 0.399 e. The van der Waals surface area contributed by atoms with Crippen molar-refractivity contribution in [1.82, 2.24) is 0 Å². The van der Waals surface area contributed by atoms with Gasteiger partial charge in [-0.05, 0) is 64.1 Å². The minimum Gasteiger partial charge on any atom is -0.399 e. The Bertz CT molecular complexity index is 784. The fourth-order valence-corrected chi connectivity index (χ4v) is 3.34. The lowest BCUT2D eigenvalue weighted by Crippen LogP contribution is -2.24. The maximum Gasteiger partial charge on any atom is 0.233 e. The summed E-state index contributed by atoms with van der Waals surface area (Å²) < 4.78 is 0. The van der Waals surface area contributed by atoms with E-state index < -0.39 is 11.6 Å². The second-order valence-corrected chi connectivity index (χ2v) is 6.63. The van der Waals surface area contributed by atoms with Crippen LogP contribution in [0.5, 0.6) is 0 Å². The second-order valence-electron chi connectivity index (χ2n) is 6.63. The van der Waals surface area contributed by atoms with Crippen LogP contribution >= 0.6 is 0 Å². The number of Topliss-reactive ketones (excluding diaryl/α,β-unsaturated/α-hetero) is 2. The molecule has 0 saturated carbocycles. The van der Waals surface area contributed by atoms with E-state index in [0.29, 0.717) is 22.5 Å². The number of nitrogen functional groups attached to an aromatic ring is 2. The van der Waals surface area contributed by atoms with Gasteiger partial charge in [0.15, 0.2) is 0 Å². The molecule has 6 nitrogen and oxygen atoms in total. The summed E-state index contributed by atoms with van der Waals surface area (Å²) in [7, 11) is 0. The Morgan fingerprint density at radius 2 is 0.964 bits per heavy atom. The van der Waals surface area contributed by atoms with Crippen LogP contribution in [0.1, 0.15) is 48.4 Å². The molecule has 0 aromatic heterocycles. The standard InChI is InChI=1S/C22H30N4O2/c1-5-25(6-2)19-11-15(9-17(23)13-19)21(27)22(28)16-10-18(24)14-20(12-16)26(7-3)8-4/h9-14H,5-8,23-24H2,1-4H3. The molecule has 0 atom stereocenters. The normalized spacial score (nSPS) is 10.6. The molecular formula is C22H30N4O2. The van der Waals surface area contributed by atoms with Gasteiger partial charge in [0.1, 0.15) is 0 Å². The molecule has 0 radical (unpaired) electrons. The molecule has 2 aromatic carbocycles. The molecule has 0 heterocycles. The van der Waals surface area contributed by atoms with Gasteiger partial charge in [-0.15, -0.1) is 0 Å². The number of hydrogen-bond acceptors (Lipinski definition) is 6. The zero-order chi connectivity index (χ0) is 20.8. The molecule has 0 unspecified atom stereocenters. The quantitative estimate of drug-likeness (QED) is 0.391. The molecule has 0 aliphatic heterocycles. The first-order chi connectivity index (χ1) is 13.3. The highest BCUT2D eigenvalue weighted by atomic mass is 16.2. The van der Waals surface area contributed by atoms with E-state index in [2.05, 4.69) is 9.80 Å². The van der Waals surface area contributed by atoms with Gasteiger partial charge in [-0.2, -0.15) is 0 Å². The van der Waals surface area contributed by atoms with Crippen molar-refractivity contribution in [1.29, 1.82) is 0 Å². The molecule has 0 aliphatic rings. The summed E-state index contributed by atoms with van der Waals surface area (Å²) in [5, 5.41) is 0. The van der Waals surface area contributed by atoms with Gasteiger partial charge in [-0.3, -0.25) is 9.59 Å². The van der Waals surface area contributed by atoms with Crippen molar-refractivity contribution in [3.63, 3.8) is 0 Å². The highest BCUT2D eigenvalue weighted by Gasteiger charge is 2.21. The predicted molar refractivity (Wildman–Crippen MR) is 117 cm³/mol. The van der Waals surface area contributed by atoms with Gasteiger partial charge in [0.2, 0.25) is 11.6 Å². The van der Waals surface area contributed by atoms with Crippen molar-refractivity contribution in [3.05, 3.63) is 47.5 Å². The van der Waals surface area contributed by atoms with Crippen LogP contribution in [0.25, 0.3) is 0 Å². The Morgan fingerprint density at radius 1 is 0.643 bits per heavy atom. The van der Waals surface area contributed by atoms with Crippen LogP contribution in [-0.2, 0) is 0 Å². The van der Waals surface area contributed by atoms with Crippen LogP contribution in [0.15, 0.2) is 36.4 Å². The molecular weight excluding hydrogens is 352 g/mol. The lowest BCUT2D eigenvalue weighted by atomic mass is 9.99. The van der Waals surface area contributed by atoms with Crippen molar-refractivity contribution in [2.75, 3.05) is 47.4 Å². The summed E-state index contributed by atoms with van der Waals surface area (Å²) in [6.45, 7) is 11.2. The Balaban J connectivity index is 2.41. The van der Waals surface area contributed by atoms with Crippen molar-refractivity contribution in [2.24, 2.45) is 0 Å². The van der Waals surface area contributed by atoms with Gasteiger partial charge in [0.25, 0.3) is 0 Å².